The molecule has 0 saturated carbocycles. The van der Waals surface area contributed by atoms with Crippen molar-refractivity contribution in [1.29, 1.82) is 0 Å². The summed E-state index contributed by atoms with van der Waals surface area (Å²) < 4.78 is 27.0. The standard InChI is InChI=1S/C24H31N3O10/c25-19(28)6-7-33-8-9-34-10-11-35-12-13-36-14-15-37-18-3-1-2-16-21(18)24(32)27(23(16)31)17-4-5-20(29)26-22(17)30/h1-3,17H,4-15H2,(H2,25,28)(H,26,29,30)/t17-/m1/s1. The molecule has 0 spiro atoms. The molecular formula is C24H31N3O10. The Kier molecular flexibility index (Phi) is 11.0. The van der Waals surface area contributed by atoms with Crippen LogP contribution in [0.15, 0.2) is 18.2 Å². The number of hydrogen-bond donors (Lipinski definition) is 2. The van der Waals surface area contributed by atoms with Crippen molar-refractivity contribution < 1.29 is 47.7 Å². The van der Waals surface area contributed by atoms with Crippen molar-refractivity contribution >= 4 is 29.5 Å². The van der Waals surface area contributed by atoms with Gasteiger partial charge in [0.05, 0.1) is 64.0 Å². The van der Waals surface area contributed by atoms with Gasteiger partial charge >= 0.3 is 0 Å². The maximum absolute atomic E-state index is 13.0. The predicted molar refractivity (Wildman–Crippen MR) is 126 cm³/mol. The number of piperidine rings is 1. The zero-order chi connectivity index (χ0) is 26.6. The third kappa shape index (κ3) is 8.05. The largest absolute Gasteiger partial charge is 0.490 e. The van der Waals surface area contributed by atoms with E-state index in [4.69, 9.17) is 29.4 Å². The highest BCUT2D eigenvalue weighted by Gasteiger charge is 2.45. The summed E-state index contributed by atoms with van der Waals surface area (Å²) in [5, 5.41) is 2.17. The average Bonchev–Trinajstić information content (AvgIpc) is 3.12. The van der Waals surface area contributed by atoms with Gasteiger partial charge in [0.2, 0.25) is 17.7 Å². The number of carbonyl (C=O) groups excluding carboxylic acids is 5. The van der Waals surface area contributed by atoms with Crippen LogP contribution in [0, 0.1) is 0 Å². The lowest BCUT2D eigenvalue weighted by Crippen LogP contribution is -2.54. The van der Waals surface area contributed by atoms with E-state index in [-0.39, 0.29) is 56.0 Å². The Labute approximate surface area is 213 Å². The molecule has 1 fully saturated rings. The second-order valence-electron chi connectivity index (χ2n) is 8.14. The molecule has 1 aromatic rings. The fourth-order valence-corrected chi connectivity index (χ4v) is 3.75. The summed E-state index contributed by atoms with van der Waals surface area (Å²) in [5.74, 6) is -2.49. The van der Waals surface area contributed by atoms with E-state index in [0.29, 0.717) is 39.6 Å². The number of primary amides is 1. The molecular weight excluding hydrogens is 490 g/mol. The molecule has 202 valence electrons. The minimum absolute atomic E-state index is 0.0515. The molecule has 13 heteroatoms. The van der Waals surface area contributed by atoms with E-state index in [2.05, 4.69) is 5.32 Å². The summed E-state index contributed by atoms with van der Waals surface area (Å²) in [6.07, 6.45) is 0.319. The maximum atomic E-state index is 13.0. The number of benzene rings is 1. The van der Waals surface area contributed by atoms with E-state index in [0.717, 1.165) is 4.90 Å². The zero-order valence-corrected chi connectivity index (χ0v) is 20.4. The lowest BCUT2D eigenvalue weighted by Gasteiger charge is -2.27. The van der Waals surface area contributed by atoms with Crippen molar-refractivity contribution in [2.24, 2.45) is 5.73 Å². The van der Waals surface area contributed by atoms with E-state index in [1.165, 1.54) is 6.07 Å². The van der Waals surface area contributed by atoms with Crippen LogP contribution in [0.2, 0.25) is 0 Å². The van der Waals surface area contributed by atoms with E-state index in [1.807, 2.05) is 0 Å². The zero-order valence-electron chi connectivity index (χ0n) is 20.4. The second-order valence-corrected chi connectivity index (χ2v) is 8.14. The number of fused-ring (bicyclic) bond motifs is 1. The number of carbonyl (C=O) groups is 5. The molecule has 13 nitrogen and oxygen atoms in total. The third-order valence-electron chi connectivity index (χ3n) is 5.52. The van der Waals surface area contributed by atoms with Gasteiger partial charge in [-0.25, -0.2) is 0 Å². The molecule has 37 heavy (non-hydrogen) atoms. The fraction of sp³-hybridized carbons (Fsp3) is 0.542. The first-order valence-corrected chi connectivity index (χ1v) is 12.0. The topological polar surface area (TPSA) is 173 Å². The molecule has 0 aromatic heterocycles. The van der Waals surface area contributed by atoms with Crippen molar-refractivity contribution in [3.63, 3.8) is 0 Å². The minimum Gasteiger partial charge on any atom is -0.490 e. The SMILES string of the molecule is NC(=O)CCOCCOCCOCCOCCOc1cccc2c1C(=O)N([C@@H]1CCC(=O)NC1=O)C2=O. The Hall–Kier alpha value is -3.39. The van der Waals surface area contributed by atoms with Gasteiger partial charge < -0.3 is 29.4 Å². The van der Waals surface area contributed by atoms with Crippen molar-refractivity contribution in [3.8, 4) is 5.75 Å². The highest BCUT2D eigenvalue weighted by Crippen LogP contribution is 2.33. The monoisotopic (exact) mass is 521 g/mol. The number of hydrogen-bond acceptors (Lipinski definition) is 10. The van der Waals surface area contributed by atoms with E-state index in [1.54, 1.807) is 12.1 Å². The molecule has 1 aromatic carbocycles. The maximum Gasteiger partial charge on any atom is 0.266 e. The van der Waals surface area contributed by atoms with Crippen LogP contribution in [-0.4, -0.2) is 99.9 Å². The van der Waals surface area contributed by atoms with Gasteiger partial charge in [0.25, 0.3) is 11.8 Å². The molecule has 3 N–H and O–H groups in total. The summed E-state index contributed by atoms with van der Waals surface area (Å²) in [7, 11) is 0. The molecule has 2 heterocycles. The highest BCUT2D eigenvalue weighted by molar-refractivity contribution is 6.24. The quantitative estimate of drug-likeness (QED) is 0.199. The van der Waals surface area contributed by atoms with Crippen LogP contribution in [0.5, 0.6) is 5.75 Å². The number of amides is 5. The molecule has 1 saturated heterocycles. The summed E-state index contributed by atoms with van der Waals surface area (Å²) >= 11 is 0. The summed E-state index contributed by atoms with van der Waals surface area (Å²) in [6, 6.07) is 3.64. The van der Waals surface area contributed by atoms with Crippen LogP contribution in [0.1, 0.15) is 40.0 Å². The van der Waals surface area contributed by atoms with Gasteiger partial charge in [-0.15, -0.1) is 0 Å². The molecule has 0 bridgehead atoms. The Balaban J connectivity index is 1.30. The Morgan fingerprint density at radius 2 is 1.46 bits per heavy atom. The highest BCUT2D eigenvalue weighted by atomic mass is 16.6. The first kappa shape index (κ1) is 28.2. The smallest absolute Gasteiger partial charge is 0.266 e. The molecule has 2 aliphatic heterocycles. The number of ether oxygens (including phenoxy) is 5. The lowest BCUT2D eigenvalue weighted by molar-refractivity contribution is -0.136. The van der Waals surface area contributed by atoms with Gasteiger partial charge in [-0.1, -0.05) is 6.07 Å². The summed E-state index contributed by atoms with van der Waals surface area (Å²) in [5.41, 5.74) is 5.25. The predicted octanol–water partition coefficient (Wildman–Crippen LogP) is -0.592. The van der Waals surface area contributed by atoms with Crippen LogP contribution >= 0.6 is 0 Å². The molecule has 2 aliphatic rings. The van der Waals surface area contributed by atoms with Crippen LogP contribution in [0.3, 0.4) is 0 Å². The van der Waals surface area contributed by atoms with Crippen molar-refractivity contribution in [1.82, 2.24) is 10.2 Å². The first-order valence-electron chi connectivity index (χ1n) is 12.0. The third-order valence-corrected chi connectivity index (χ3v) is 5.52. The lowest BCUT2D eigenvalue weighted by atomic mass is 10.0. The van der Waals surface area contributed by atoms with Crippen LogP contribution in [0.25, 0.3) is 0 Å². The normalized spacial score (nSPS) is 17.2. The van der Waals surface area contributed by atoms with Crippen molar-refractivity contribution in [2.45, 2.75) is 25.3 Å². The number of nitrogens with one attached hydrogen (secondary N) is 1. The van der Waals surface area contributed by atoms with Gasteiger partial charge in [-0.05, 0) is 18.6 Å². The van der Waals surface area contributed by atoms with Crippen molar-refractivity contribution in [3.05, 3.63) is 29.3 Å². The van der Waals surface area contributed by atoms with Crippen LogP contribution in [-0.2, 0) is 33.3 Å². The van der Waals surface area contributed by atoms with Gasteiger partial charge in [-0.2, -0.15) is 0 Å². The number of rotatable bonds is 17. The summed E-state index contributed by atoms with van der Waals surface area (Å²) in [4.78, 5) is 60.9. The summed E-state index contributed by atoms with van der Waals surface area (Å²) in [6.45, 7) is 2.86. The Morgan fingerprint density at radius 1 is 0.865 bits per heavy atom. The molecule has 0 aliphatic carbocycles. The fourth-order valence-electron chi connectivity index (χ4n) is 3.75. The number of imide groups is 2. The Bertz CT molecular complexity index is 999. The number of nitrogens with zero attached hydrogens (tertiary/aromatic N) is 1. The van der Waals surface area contributed by atoms with Crippen LogP contribution in [0.4, 0.5) is 0 Å². The molecule has 1 atom stereocenters. The molecule has 0 radical (unpaired) electrons. The minimum atomic E-state index is -1.03. The average molecular weight is 522 g/mol. The van der Waals surface area contributed by atoms with Gasteiger partial charge in [-0.3, -0.25) is 34.2 Å². The van der Waals surface area contributed by atoms with Crippen LogP contribution < -0.4 is 15.8 Å². The number of nitrogens with two attached hydrogens (primary N) is 1. The van der Waals surface area contributed by atoms with Gasteiger partial charge in [0.1, 0.15) is 18.4 Å². The van der Waals surface area contributed by atoms with Gasteiger partial charge in [0.15, 0.2) is 0 Å². The second kappa shape index (κ2) is 14.4. The molecule has 3 rings (SSSR count). The van der Waals surface area contributed by atoms with E-state index >= 15 is 0 Å². The molecule has 5 amide bonds. The van der Waals surface area contributed by atoms with Gasteiger partial charge in [0, 0.05) is 12.8 Å². The Morgan fingerprint density at radius 3 is 2.05 bits per heavy atom. The van der Waals surface area contributed by atoms with E-state index in [9.17, 15) is 24.0 Å². The van der Waals surface area contributed by atoms with Crippen molar-refractivity contribution in [2.75, 3.05) is 59.5 Å². The van der Waals surface area contributed by atoms with E-state index < -0.39 is 35.6 Å². The molecule has 0 unspecified atom stereocenters. The first-order chi connectivity index (χ1) is 17.9.